The molecule has 3 amide bonds. The van der Waals surface area contributed by atoms with Crippen LogP contribution in [0, 0.1) is 0 Å². The Balaban J connectivity index is 1.52. The molecule has 0 spiro atoms. The van der Waals surface area contributed by atoms with Gasteiger partial charge in [-0.25, -0.2) is 4.79 Å². The van der Waals surface area contributed by atoms with Gasteiger partial charge in [0.25, 0.3) is 0 Å². The molecule has 27 heavy (non-hydrogen) atoms. The number of carbonyl (C=O) groups is 2. The van der Waals surface area contributed by atoms with Crippen LogP contribution in [0.15, 0.2) is 30.3 Å². The third kappa shape index (κ3) is 3.27. The van der Waals surface area contributed by atoms with Gasteiger partial charge in [-0.15, -0.1) is 10.2 Å². The predicted octanol–water partition coefficient (Wildman–Crippen LogP) is 1.32. The number of likely N-dealkylation sites (tertiary alicyclic amines) is 1. The molecule has 0 bridgehead atoms. The predicted molar refractivity (Wildman–Crippen MR) is 98.7 cm³/mol. The fraction of sp³-hybridized carbons (Fsp3) is 0.474. The number of urea groups is 1. The van der Waals surface area contributed by atoms with E-state index in [1.807, 2.05) is 18.2 Å². The minimum atomic E-state index is -0.524. The highest BCUT2D eigenvalue weighted by molar-refractivity contribution is 5.87. The first kappa shape index (κ1) is 17.5. The minimum absolute atomic E-state index is 0.0444. The molecule has 1 aromatic carbocycles. The second-order valence-corrected chi connectivity index (χ2v) is 7.32. The van der Waals surface area contributed by atoms with Crippen molar-refractivity contribution in [2.75, 3.05) is 13.1 Å². The summed E-state index contributed by atoms with van der Waals surface area (Å²) < 4.78 is 2.14. The van der Waals surface area contributed by atoms with Crippen LogP contribution < -0.4 is 5.73 Å². The number of primary amides is 1. The van der Waals surface area contributed by atoms with E-state index in [1.54, 1.807) is 4.90 Å². The standard InChI is InChI=1S/C19H24N6O2/c1-13-11-23(18(26)15-8-5-9-24(15)19(20)27)12-17-22-21-16(25(13)17)10-14-6-3-2-4-7-14/h2-4,6-7,13,15H,5,8-12H2,1H3,(H2,20,27)/t13-,15-/m0/s1. The van der Waals surface area contributed by atoms with E-state index >= 15 is 0 Å². The molecule has 0 aliphatic carbocycles. The maximum Gasteiger partial charge on any atom is 0.315 e. The topological polar surface area (TPSA) is 97.4 Å². The molecule has 1 fully saturated rings. The highest BCUT2D eigenvalue weighted by atomic mass is 16.2. The molecular weight excluding hydrogens is 344 g/mol. The number of fused-ring (bicyclic) bond motifs is 1. The zero-order chi connectivity index (χ0) is 19.0. The highest BCUT2D eigenvalue weighted by Gasteiger charge is 2.38. The zero-order valence-electron chi connectivity index (χ0n) is 15.4. The Kier molecular flexibility index (Phi) is 4.55. The molecule has 3 heterocycles. The molecule has 8 nitrogen and oxygen atoms in total. The monoisotopic (exact) mass is 368 g/mol. The lowest BCUT2D eigenvalue weighted by Crippen LogP contribution is -2.51. The van der Waals surface area contributed by atoms with E-state index in [9.17, 15) is 9.59 Å². The summed E-state index contributed by atoms with van der Waals surface area (Å²) in [5.74, 6) is 1.66. The van der Waals surface area contributed by atoms with Gasteiger partial charge in [0.05, 0.1) is 12.6 Å². The quantitative estimate of drug-likeness (QED) is 0.883. The number of carbonyl (C=O) groups excluding carboxylic acids is 2. The van der Waals surface area contributed by atoms with Crippen LogP contribution in [0.5, 0.6) is 0 Å². The van der Waals surface area contributed by atoms with Crippen molar-refractivity contribution in [2.45, 2.75) is 44.8 Å². The van der Waals surface area contributed by atoms with E-state index in [1.165, 1.54) is 10.5 Å². The maximum atomic E-state index is 13.0. The number of nitrogens with two attached hydrogens (primary N) is 1. The molecule has 4 rings (SSSR count). The van der Waals surface area contributed by atoms with Gasteiger partial charge < -0.3 is 20.1 Å². The molecule has 2 N–H and O–H groups in total. The first-order chi connectivity index (χ1) is 13.0. The van der Waals surface area contributed by atoms with E-state index in [0.29, 0.717) is 32.5 Å². The van der Waals surface area contributed by atoms with Crippen molar-refractivity contribution in [3.8, 4) is 0 Å². The Bertz CT molecular complexity index is 849. The third-order valence-electron chi connectivity index (χ3n) is 5.43. The molecule has 2 aliphatic heterocycles. The molecular formula is C19H24N6O2. The lowest BCUT2D eigenvalue weighted by molar-refractivity contribution is -0.137. The van der Waals surface area contributed by atoms with E-state index < -0.39 is 12.1 Å². The number of nitrogens with zero attached hydrogens (tertiary/aromatic N) is 5. The van der Waals surface area contributed by atoms with Crippen molar-refractivity contribution in [3.63, 3.8) is 0 Å². The van der Waals surface area contributed by atoms with Gasteiger partial charge in [-0.05, 0) is 25.3 Å². The van der Waals surface area contributed by atoms with Crippen molar-refractivity contribution < 1.29 is 9.59 Å². The van der Waals surface area contributed by atoms with Crippen LogP contribution in [-0.4, -0.2) is 55.6 Å². The average molecular weight is 368 g/mol. The summed E-state index contributed by atoms with van der Waals surface area (Å²) in [6, 6.07) is 9.27. The summed E-state index contributed by atoms with van der Waals surface area (Å²) >= 11 is 0. The van der Waals surface area contributed by atoms with E-state index in [2.05, 4.69) is 33.8 Å². The van der Waals surface area contributed by atoms with E-state index in [-0.39, 0.29) is 11.9 Å². The van der Waals surface area contributed by atoms with Crippen LogP contribution in [0.1, 0.15) is 43.0 Å². The lowest BCUT2D eigenvalue weighted by Gasteiger charge is -2.35. The minimum Gasteiger partial charge on any atom is -0.351 e. The van der Waals surface area contributed by atoms with Crippen LogP contribution in [0.3, 0.4) is 0 Å². The van der Waals surface area contributed by atoms with E-state index in [4.69, 9.17) is 5.73 Å². The molecule has 1 saturated heterocycles. The first-order valence-corrected chi connectivity index (χ1v) is 9.36. The Labute approximate surface area is 158 Å². The van der Waals surface area contributed by atoms with Crippen molar-refractivity contribution in [3.05, 3.63) is 47.5 Å². The van der Waals surface area contributed by atoms with Crippen LogP contribution in [-0.2, 0) is 17.8 Å². The van der Waals surface area contributed by atoms with Crippen molar-refractivity contribution in [1.82, 2.24) is 24.6 Å². The van der Waals surface area contributed by atoms with Crippen molar-refractivity contribution >= 4 is 11.9 Å². The first-order valence-electron chi connectivity index (χ1n) is 9.36. The molecule has 2 aliphatic rings. The Hall–Kier alpha value is -2.90. The number of benzene rings is 1. The fourth-order valence-corrected chi connectivity index (χ4v) is 4.18. The van der Waals surface area contributed by atoms with E-state index in [0.717, 1.165) is 18.1 Å². The van der Waals surface area contributed by atoms with Gasteiger partial charge in [-0.1, -0.05) is 30.3 Å². The number of rotatable bonds is 3. The van der Waals surface area contributed by atoms with Gasteiger partial charge >= 0.3 is 6.03 Å². The summed E-state index contributed by atoms with van der Waals surface area (Å²) in [4.78, 5) is 27.8. The molecule has 8 heteroatoms. The zero-order valence-corrected chi connectivity index (χ0v) is 15.4. The van der Waals surface area contributed by atoms with Crippen LogP contribution in [0.2, 0.25) is 0 Å². The summed E-state index contributed by atoms with van der Waals surface area (Å²) in [7, 11) is 0. The second kappa shape index (κ2) is 7.02. The van der Waals surface area contributed by atoms with Gasteiger partial charge in [0.15, 0.2) is 5.82 Å². The van der Waals surface area contributed by atoms with Crippen molar-refractivity contribution in [1.29, 1.82) is 0 Å². The third-order valence-corrected chi connectivity index (χ3v) is 5.43. The molecule has 0 unspecified atom stereocenters. The molecule has 142 valence electrons. The number of aromatic nitrogens is 3. The van der Waals surface area contributed by atoms with Gasteiger partial charge in [-0.2, -0.15) is 0 Å². The molecule has 1 aromatic heterocycles. The molecule has 0 radical (unpaired) electrons. The molecule has 2 aromatic rings. The molecule has 0 saturated carbocycles. The lowest BCUT2D eigenvalue weighted by atomic mass is 10.1. The van der Waals surface area contributed by atoms with Gasteiger partial charge in [0.2, 0.25) is 5.91 Å². The number of hydrogen-bond acceptors (Lipinski definition) is 4. The number of hydrogen-bond donors (Lipinski definition) is 1. The normalized spacial score (nSPS) is 22.0. The van der Waals surface area contributed by atoms with Crippen LogP contribution >= 0.6 is 0 Å². The maximum absolute atomic E-state index is 13.0. The van der Waals surface area contributed by atoms with Crippen LogP contribution in [0.4, 0.5) is 4.79 Å². The average Bonchev–Trinajstić information content (AvgIpc) is 3.29. The Morgan fingerprint density at radius 2 is 2.00 bits per heavy atom. The van der Waals surface area contributed by atoms with Crippen molar-refractivity contribution in [2.24, 2.45) is 5.73 Å². The van der Waals surface area contributed by atoms with Gasteiger partial charge in [0, 0.05) is 19.5 Å². The summed E-state index contributed by atoms with van der Waals surface area (Å²) in [5.41, 5.74) is 6.61. The number of amides is 3. The second-order valence-electron chi connectivity index (χ2n) is 7.32. The summed E-state index contributed by atoms with van der Waals surface area (Å²) in [6.07, 6.45) is 2.18. The van der Waals surface area contributed by atoms with Gasteiger partial charge in [0.1, 0.15) is 11.9 Å². The SMILES string of the molecule is C[C@H]1CN(C(=O)[C@@H]2CCCN2C(N)=O)Cc2nnc(Cc3ccccc3)n21. The summed E-state index contributed by atoms with van der Waals surface area (Å²) in [5, 5.41) is 8.70. The Morgan fingerprint density at radius 1 is 1.22 bits per heavy atom. The largest absolute Gasteiger partial charge is 0.351 e. The Morgan fingerprint density at radius 3 is 2.74 bits per heavy atom. The highest BCUT2D eigenvalue weighted by Crippen LogP contribution is 2.26. The smallest absolute Gasteiger partial charge is 0.315 e. The van der Waals surface area contributed by atoms with Crippen LogP contribution in [0.25, 0.3) is 0 Å². The fourth-order valence-electron chi connectivity index (χ4n) is 4.18. The molecule has 2 atom stereocenters. The summed E-state index contributed by atoms with van der Waals surface area (Å²) in [6.45, 7) is 3.61. The van der Waals surface area contributed by atoms with Gasteiger partial charge in [-0.3, -0.25) is 4.79 Å².